The van der Waals surface area contributed by atoms with Gasteiger partial charge in [-0.2, -0.15) is 0 Å². The average molecular weight is 253 g/mol. The maximum Gasteiger partial charge on any atom is 0.00389 e. The molecule has 0 amide bonds. The highest BCUT2D eigenvalue weighted by Crippen LogP contribution is 2.12. The van der Waals surface area contributed by atoms with Crippen LogP contribution >= 0.6 is 0 Å². The Bertz CT molecular complexity index is 165. The summed E-state index contributed by atoms with van der Waals surface area (Å²) in [6.07, 6.45) is 19.3. The van der Waals surface area contributed by atoms with Crippen molar-refractivity contribution >= 4 is 0 Å². The summed E-state index contributed by atoms with van der Waals surface area (Å²) in [5, 5.41) is 0. The molecule has 0 fully saturated rings. The minimum absolute atomic E-state index is 0.425. The fourth-order valence-corrected chi connectivity index (χ4v) is 2.39. The van der Waals surface area contributed by atoms with Crippen LogP contribution in [-0.2, 0) is 0 Å². The van der Waals surface area contributed by atoms with Gasteiger partial charge < -0.3 is 5.73 Å². The van der Waals surface area contributed by atoms with Crippen LogP contribution in [-0.4, -0.2) is 6.04 Å². The Morgan fingerprint density at radius 1 is 0.833 bits per heavy atom. The second-order valence-electron chi connectivity index (χ2n) is 5.60. The van der Waals surface area contributed by atoms with E-state index in [1.807, 2.05) is 6.08 Å². The highest BCUT2D eigenvalue weighted by molar-refractivity contribution is 4.69. The van der Waals surface area contributed by atoms with E-state index >= 15 is 0 Å². The van der Waals surface area contributed by atoms with Gasteiger partial charge in [-0.1, -0.05) is 70.8 Å². The fourth-order valence-electron chi connectivity index (χ4n) is 2.39. The molecular weight excluding hydrogens is 218 g/mol. The molecule has 18 heavy (non-hydrogen) atoms. The Morgan fingerprint density at radius 2 is 1.33 bits per heavy atom. The zero-order valence-electron chi connectivity index (χ0n) is 12.6. The van der Waals surface area contributed by atoms with Gasteiger partial charge in [-0.25, -0.2) is 0 Å². The Morgan fingerprint density at radius 3 is 1.89 bits per heavy atom. The summed E-state index contributed by atoms with van der Waals surface area (Å²) in [6.45, 7) is 6.02. The predicted molar refractivity (Wildman–Crippen MR) is 83.9 cm³/mol. The van der Waals surface area contributed by atoms with Gasteiger partial charge >= 0.3 is 0 Å². The third-order valence-electron chi connectivity index (χ3n) is 3.66. The number of hydrogen-bond donors (Lipinski definition) is 1. The first-order valence-electron chi connectivity index (χ1n) is 8.17. The van der Waals surface area contributed by atoms with E-state index in [4.69, 9.17) is 5.73 Å². The Kier molecular flexibility index (Phi) is 14.5. The smallest absolute Gasteiger partial charge is 0.00389 e. The maximum atomic E-state index is 6.08. The van der Waals surface area contributed by atoms with Gasteiger partial charge in [0.25, 0.3) is 0 Å². The molecule has 0 aliphatic heterocycles. The zero-order valence-corrected chi connectivity index (χ0v) is 12.6. The van der Waals surface area contributed by atoms with Crippen molar-refractivity contribution in [1.82, 2.24) is 0 Å². The molecule has 0 saturated carbocycles. The van der Waals surface area contributed by atoms with Crippen LogP contribution in [0.4, 0.5) is 0 Å². The lowest BCUT2D eigenvalue weighted by Crippen LogP contribution is -2.19. The summed E-state index contributed by atoms with van der Waals surface area (Å²) in [5.41, 5.74) is 6.08. The van der Waals surface area contributed by atoms with Gasteiger partial charge in [0.15, 0.2) is 0 Å². The molecule has 1 atom stereocenters. The molecule has 0 aromatic rings. The average Bonchev–Trinajstić information content (AvgIpc) is 2.37. The Hall–Kier alpha value is -0.300. The Balaban J connectivity index is 3.07. The van der Waals surface area contributed by atoms with Gasteiger partial charge in [-0.05, 0) is 25.7 Å². The topological polar surface area (TPSA) is 26.0 Å². The number of hydrogen-bond acceptors (Lipinski definition) is 1. The van der Waals surface area contributed by atoms with E-state index in [1.165, 1.54) is 77.0 Å². The standard InChI is InChI=1S/C17H35N/c1-3-5-7-8-9-10-11-12-14-16-17(18)15-13-6-4-2/h4,17H,2-3,5-16,18H2,1H3. The summed E-state index contributed by atoms with van der Waals surface area (Å²) in [5.74, 6) is 0. The molecule has 0 aromatic heterocycles. The Labute approximate surface area is 115 Å². The van der Waals surface area contributed by atoms with Crippen LogP contribution in [0.25, 0.3) is 0 Å². The molecular formula is C17H35N. The van der Waals surface area contributed by atoms with Crippen LogP contribution in [0.3, 0.4) is 0 Å². The molecule has 0 saturated heterocycles. The van der Waals surface area contributed by atoms with Crippen molar-refractivity contribution < 1.29 is 0 Å². The van der Waals surface area contributed by atoms with Gasteiger partial charge in [0, 0.05) is 6.04 Å². The first-order valence-corrected chi connectivity index (χ1v) is 8.17. The van der Waals surface area contributed by atoms with Crippen LogP contribution < -0.4 is 5.73 Å². The van der Waals surface area contributed by atoms with Gasteiger partial charge in [0.2, 0.25) is 0 Å². The van der Waals surface area contributed by atoms with Crippen molar-refractivity contribution in [1.29, 1.82) is 0 Å². The molecule has 1 nitrogen and oxygen atoms in total. The molecule has 0 rings (SSSR count). The van der Waals surface area contributed by atoms with E-state index in [0.29, 0.717) is 6.04 Å². The minimum atomic E-state index is 0.425. The van der Waals surface area contributed by atoms with Crippen LogP contribution in [0.2, 0.25) is 0 Å². The van der Waals surface area contributed by atoms with Crippen LogP contribution in [0.15, 0.2) is 12.7 Å². The quantitative estimate of drug-likeness (QED) is 0.317. The summed E-state index contributed by atoms with van der Waals surface area (Å²) < 4.78 is 0. The molecule has 0 radical (unpaired) electrons. The van der Waals surface area contributed by atoms with Gasteiger partial charge in [0.05, 0.1) is 0 Å². The van der Waals surface area contributed by atoms with Crippen molar-refractivity contribution in [3.8, 4) is 0 Å². The molecule has 0 aliphatic carbocycles. The van der Waals surface area contributed by atoms with Crippen LogP contribution in [0.5, 0.6) is 0 Å². The van der Waals surface area contributed by atoms with Crippen molar-refractivity contribution in [2.45, 2.75) is 96.4 Å². The molecule has 0 spiro atoms. The zero-order chi connectivity index (χ0) is 13.5. The summed E-state index contributed by atoms with van der Waals surface area (Å²) in [4.78, 5) is 0. The van der Waals surface area contributed by atoms with E-state index in [9.17, 15) is 0 Å². The van der Waals surface area contributed by atoms with E-state index in [-0.39, 0.29) is 0 Å². The lowest BCUT2D eigenvalue weighted by Gasteiger charge is -2.10. The van der Waals surface area contributed by atoms with E-state index in [2.05, 4.69) is 13.5 Å². The van der Waals surface area contributed by atoms with Gasteiger partial charge in [0.1, 0.15) is 0 Å². The van der Waals surface area contributed by atoms with Crippen molar-refractivity contribution in [3.63, 3.8) is 0 Å². The first kappa shape index (κ1) is 17.7. The van der Waals surface area contributed by atoms with Crippen LogP contribution in [0.1, 0.15) is 90.4 Å². The van der Waals surface area contributed by atoms with E-state index in [1.54, 1.807) is 0 Å². The van der Waals surface area contributed by atoms with Crippen LogP contribution in [0, 0.1) is 0 Å². The lowest BCUT2D eigenvalue weighted by molar-refractivity contribution is 0.498. The minimum Gasteiger partial charge on any atom is -0.328 e. The van der Waals surface area contributed by atoms with E-state index in [0.717, 1.165) is 6.42 Å². The maximum absolute atomic E-state index is 6.08. The number of unbranched alkanes of at least 4 members (excludes halogenated alkanes) is 9. The van der Waals surface area contributed by atoms with Gasteiger partial charge in [-0.15, -0.1) is 6.58 Å². The second-order valence-corrected chi connectivity index (χ2v) is 5.60. The van der Waals surface area contributed by atoms with Crippen molar-refractivity contribution in [3.05, 3.63) is 12.7 Å². The first-order chi connectivity index (χ1) is 8.81. The number of rotatable bonds is 14. The highest BCUT2D eigenvalue weighted by atomic mass is 14.6. The molecule has 1 unspecified atom stereocenters. The molecule has 2 N–H and O–H groups in total. The third-order valence-corrected chi connectivity index (χ3v) is 3.66. The largest absolute Gasteiger partial charge is 0.328 e. The number of nitrogens with two attached hydrogens (primary N) is 1. The van der Waals surface area contributed by atoms with E-state index < -0.39 is 0 Å². The summed E-state index contributed by atoms with van der Waals surface area (Å²) in [6, 6.07) is 0.425. The SMILES string of the molecule is C=CCCCC(N)CCCCCCCCCCC. The molecule has 0 aliphatic rings. The lowest BCUT2D eigenvalue weighted by atomic mass is 10.0. The van der Waals surface area contributed by atoms with Crippen molar-refractivity contribution in [2.24, 2.45) is 5.73 Å². The second kappa shape index (κ2) is 14.8. The number of allylic oxidation sites excluding steroid dienone is 1. The molecule has 0 heterocycles. The molecule has 108 valence electrons. The fraction of sp³-hybridized carbons (Fsp3) is 0.882. The highest BCUT2D eigenvalue weighted by Gasteiger charge is 2.01. The monoisotopic (exact) mass is 253 g/mol. The van der Waals surface area contributed by atoms with Gasteiger partial charge in [-0.3, -0.25) is 0 Å². The summed E-state index contributed by atoms with van der Waals surface area (Å²) in [7, 11) is 0. The van der Waals surface area contributed by atoms with Crippen molar-refractivity contribution in [2.75, 3.05) is 0 Å². The third kappa shape index (κ3) is 13.8. The predicted octanol–water partition coefficient (Wildman–Crippen LogP) is 5.59. The molecule has 0 bridgehead atoms. The summed E-state index contributed by atoms with van der Waals surface area (Å²) >= 11 is 0. The normalized spacial score (nSPS) is 12.6. The molecule has 1 heteroatoms. The molecule has 0 aromatic carbocycles.